The molecule has 0 radical (unpaired) electrons. The summed E-state index contributed by atoms with van der Waals surface area (Å²) in [6.45, 7) is 1.51. The van der Waals surface area contributed by atoms with Crippen LogP contribution in [0, 0.1) is 17.7 Å². The Morgan fingerprint density at radius 2 is 1.92 bits per heavy atom. The molecule has 2 aromatic carbocycles. The highest BCUT2D eigenvalue weighted by atomic mass is 19.1. The van der Waals surface area contributed by atoms with Crippen molar-refractivity contribution < 1.29 is 9.18 Å². The van der Waals surface area contributed by atoms with E-state index in [9.17, 15) is 4.79 Å². The van der Waals surface area contributed by atoms with Crippen LogP contribution in [0.1, 0.15) is 36.0 Å². The molecule has 2 unspecified atom stereocenters. The molecule has 184 valence electrons. The maximum Gasteiger partial charge on any atom is 0.254 e. The van der Waals surface area contributed by atoms with E-state index in [2.05, 4.69) is 16.7 Å². The average Bonchev–Trinajstić information content (AvgIpc) is 3.20. The third-order valence-corrected chi connectivity index (χ3v) is 8.34. The quantitative estimate of drug-likeness (QED) is 0.460. The van der Waals surface area contributed by atoms with Crippen LogP contribution in [-0.4, -0.2) is 48.5 Å². The van der Waals surface area contributed by atoms with Crippen LogP contribution in [0.2, 0.25) is 0 Å². The van der Waals surface area contributed by atoms with E-state index in [-0.39, 0.29) is 18.0 Å². The van der Waals surface area contributed by atoms with Crippen molar-refractivity contribution in [2.45, 2.75) is 44.3 Å². The third-order valence-electron chi connectivity index (χ3n) is 8.34. The summed E-state index contributed by atoms with van der Waals surface area (Å²) in [6, 6.07) is 13.3. The summed E-state index contributed by atoms with van der Waals surface area (Å²) in [5, 5.41) is 0. The van der Waals surface area contributed by atoms with Gasteiger partial charge in [-0.25, -0.2) is 14.4 Å². The van der Waals surface area contributed by atoms with Crippen molar-refractivity contribution in [3.8, 4) is 22.9 Å². The van der Waals surface area contributed by atoms with Gasteiger partial charge in [0.25, 0.3) is 5.91 Å². The van der Waals surface area contributed by atoms with Crippen LogP contribution in [0.3, 0.4) is 0 Å². The molecule has 3 fully saturated rings. The SMILES string of the molecule is Cn1c(-c2cnc(-c3ccccc3)n2CC2CC2)nc2cc(C(=O)N3C[C@H]4CCC3C4N)cc(F)c21. The molecule has 7 nitrogen and oxygen atoms in total. The highest BCUT2D eigenvalue weighted by Crippen LogP contribution is 2.39. The van der Waals surface area contributed by atoms with Gasteiger partial charge in [-0.2, -0.15) is 0 Å². The van der Waals surface area contributed by atoms with Crippen molar-refractivity contribution in [3.05, 3.63) is 60.0 Å². The molecule has 2 aromatic heterocycles. The fraction of sp³-hybridized carbons (Fsp3) is 0.393. The van der Waals surface area contributed by atoms with Crippen LogP contribution in [0.4, 0.5) is 4.39 Å². The standard InChI is InChI=1S/C28H29FN6O/c1-33-25-20(29)11-19(28(36)35-15-18-9-10-22(35)24(18)30)12-21(25)32-27(33)23-13-31-26(17-5-3-2-4-6-17)34(23)14-16-7-8-16/h2-6,11-13,16,18,22,24H,7-10,14-15,30H2,1H3/t18-,22?,24?/m1/s1. The number of hydrogen-bond acceptors (Lipinski definition) is 4. The van der Waals surface area contributed by atoms with Gasteiger partial charge in [-0.15, -0.1) is 0 Å². The molecule has 0 spiro atoms. The summed E-state index contributed by atoms with van der Waals surface area (Å²) in [5.41, 5.74) is 9.40. The van der Waals surface area contributed by atoms with E-state index in [1.165, 1.54) is 18.9 Å². The lowest BCUT2D eigenvalue weighted by molar-refractivity contribution is 0.0700. The molecule has 2 aliphatic carbocycles. The minimum absolute atomic E-state index is 0.0227. The molecule has 7 rings (SSSR count). The number of imidazole rings is 2. The van der Waals surface area contributed by atoms with Gasteiger partial charge in [0.2, 0.25) is 0 Å². The predicted molar refractivity (Wildman–Crippen MR) is 136 cm³/mol. The van der Waals surface area contributed by atoms with Crippen molar-refractivity contribution in [2.24, 2.45) is 24.6 Å². The molecule has 1 amide bonds. The van der Waals surface area contributed by atoms with Crippen LogP contribution >= 0.6 is 0 Å². The average molecular weight is 485 g/mol. The first kappa shape index (κ1) is 21.7. The summed E-state index contributed by atoms with van der Waals surface area (Å²) in [4.78, 5) is 24.8. The summed E-state index contributed by atoms with van der Waals surface area (Å²) >= 11 is 0. The predicted octanol–water partition coefficient (Wildman–Crippen LogP) is 4.21. The van der Waals surface area contributed by atoms with Gasteiger partial charge in [-0.05, 0) is 49.7 Å². The second-order valence-corrected chi connectivity index (χ2v) is 10.6. The van der Waals surface area contributed by atoms with Gasteiger partial charge in [0.05, 0.1) is 11.7 Å². The number of hydrogen-bond donors (Lipinski definition) is 1. The number of nitrogens with two attached hydrogens (primary N) is 1. The van der Waals surface area contributed by atoms with Gasteiger partial charge in [-0.3, -0.25) is 4.79 Å². The Kier molecular flexibility index (Phi) is 4.83. The van der Waals surface area contributed by atoms with Gasteiger partial charge >= 0.3 is 0 Å². The van der Waals surface area contributed by atoms with Crippen molar-refractivity contribution in [1.29, 1.82) is 0 Å². The fourth-order valence-electron chi connectivity index (χ4n) is 6.21. The molecule has 3 aliphatic rings. The summed E-state index contributed by atoms with van der Waals surface area (Å²) in [5.74, 6) is 1.91. The van der Waals surface area contributed by atoms with Crippen molar-refractivity contribution in [2.75, 3.05) is 6.54 Å². The minimum Gasteiger partial charge on any atom is -0.334 e. The monoisotopic (exact) mass is 484 g/mol. The lowest BCUT2D eigenvalue weighted by Gasteiger charge is -2.27. The third kappa shape index (κ3) is 3.31. The summed E-state index contributed by atoms with van der Waals surface area (Å²) < 4.78 is 19.4. The van der Waals surface area contributed by atoms with Crippen LogP contribution in [0.15, 0.2) is 48.7 Å². The highest BCUT2D eigenvalue weighted by Gasteiger charge is 2.47. The Morgan fingerprint density at radius 1 is 1.11 bits per heavy atom. The first-order valence-corrected chi connectivity index (χ1v) is 12.8. The number of rotatable bonds is 5. The normalized spacial score (nSPS) is 23.2. The first-order valence-electron chi connectivity index (χ1n) is 12.8. The topological polar surface area (TPSA) is 82.0 Å². The molecule has 8 heteroatoms. The zero-order chi connectivity index (χ0) is 24.6. The van der Waals surface area contributed by atoms with E-state index in [0.717, 1.165) is 36.5 Å². The van der Waals surface area contributed by atoms with Crippen LogP contribution < -0.4 is 5.73 Å². The van der Waals surface area contributed by atoms with Crippen LogP contribution in [-0.2, 0) is 13.6 Å². The fourth-order valence-corrected chi connectivity index (χ4v) is 6.21. The number of piperidine rings is 1. The maximum absolute atomic E-state index is 15.5. The Hall–Kier alpha value is -3.52. The molecular formula is C28H29FN6O. The van der Waals surface area contributed by atoms with E-state index in [4.69, 9.17) is 15.7 Å². The Labute approximate surface area is 208 Å². The Bertz CT molecular complexity index is 1490. The first-order chi connectivity index (χ1) is 17.5. The number of benzene rings is 2. The van der Waals surface area contributed by atoms with Crippen molar-refractivity contribution >= 4 is 16.9 Å². The molecule has 1 saturated heterocycles. The van der Waals surface area contributed by atoms with Crippen LogP contribution in [0.5, 0.6) is 0 Å². The number of amides is 1. The lowest BCUT2D eigenvalue weighted by Crippen LogP contribution is -2.41. The highest BCUT2D eigenvalue weighted by molar-refractivity contribution is 5.98. The number of halogens is 1. The second-order valence-electron chi connectivity index (χ2n) is 10.6. The van der Waals surface area contributed by atoms with E-state index in [1.54, 1.807) is 10.6 Å². The summed E-state index contributed by atoms with van der Waals surface area (Å²) in [7, 11) is 1.82. The van der Waals surface area contributed by atoms with E-state index in [0.29, 0.717) is 40.8 Å². The number of aryl methyl sites for hydroxylation is 1. The Morgan fingerprint density at radius 3 is 2.61 bits per heavy atom. The van der Waals surface area contributed by atoms with Gasteiger partial charge in [0.15, 0.2) is 5.82 Å². The number of aromatic nitrogens is 4. The van der Waals surface area contributed by atoms with Crippen LogP contribution in [0.25, 0.3) is 33.9 Å². The summed E-state index contributed by atoms with van der Waals surface area (Å²) in [6.07, 6.45) is 6.22. The second kappa shape index (κ2) is 8.00. The molecule has 2 saturated carbocycles. The molecule has 3 heterocycles. The van der Waals surface area contributed by atoms with Gasteiger partial charge in [0.1, 0.15) is 22.9 Å². The number of fused-ring (bicyclic) bond motifs is 3. The largest absolute Gasteiger partial charge is 0.334 e. The number of carbonyl (C=O) groups is 1. The number of likely N-dealkylation sites (tertiary alicyclic amines) is 1. The van der Waals surface area contributed by atoms with Crippen molar-refractivity contribution in [1.82, 2.24) is 24.0 Å². The van der Waals surface area contributed by atoms with E-state index >= 15 is 4.39 Å². The number of carbonyl (C=O) groups excluding carboxylic acids is 1. The molecule has 2 bridgehead atoms. The van der Waals surface area contributed by atoms with E-state index in [1.807, 2.05) is 36.3 Å². The van der Waals surface area contributed by atoms with Gasteiger partial charge < -0.3 is 19.8 Å². The Balaban J connectivity index is 1.30. The van der Waals surface area contributed by atoms with E-state index < -0.39 is 5.82 Å². The van der Waals surface area contributed by atoms with Gasteiger partial charge in [-0.1, -0.05) is 30.3 Å². The molecular weight excluding hydrogens is 455 g/mol. The van der Waals surface area contributed by atoms with Gasteiger partial charge in [0, 0.05) is 43.3 Å². The molecule has 1 aliphatic heterocycles. The lowest BCUT2D eigenvalue weighted by atomic mass is 10.1. The zero-order valence-corrected chi connectivity index (χ0v) is 20.3. The minimum atomic E-state index is -0.442. The zero-order valence-electron chi connectivity index (χ0n) is 20.3. The van der Waals surface area contributed by atoms with Crippen molar-refractivity contribution in [3.63, 3.8) is 0 Å². The smallest absolute Gasteiger partial charge is 0.254 e. The molecule has 36 heavy (non-hydrogen) atoms. The maximum atomic E-state index is 15.5. The molecule has 4 aromatic rings. The molecule has 2 N–H and O–H groups in total. The number of nitrogens with zero attached hydrogens (tertiary/aromatic N) is 5. The molecule has 3 atom stereocenters.